The fourth-order valence-corrected chi connectivity index (χ4v) is 6.08. The van der Waals surface area contributed by atoms with Crippen molar-refractivity contribution in [3.05, 3.63) is 89.4 Å². The first-order valence-electron chi connectivity index (χ1n) is 14.2. The molecule has 2 aliphatic rings. The zero-order chi connectivity index (χ0) is 29.5. The van der Waals surface area contributed by atoms with Crippen molar-refractivity contribution < 1.29 is 14.3 Å². The van der Waals surface area contributed by atoms with E-state index in [-0.39, 0.29) is 18.2 Å². The van der Waals surface area contributed by atoms with Crippen molar-refractivity contribution in [2.75, 3.05) is 56.6 Å². The van der Waals surface area contributed by atoms with Gasteiger partial charge in [-0.1, -0.05) is 48.0 Å². The molecule has 42 heavy (non-hydrogen) atoms. The third-order valence-electron chi connectivity index (χ3n) is 7.72. The second kappa shape index (κ2) is 14.1. The molecule has 2 amide bonds. The smallest absolute Gasteiger partial charge is 0.256 e. The Balaban J connectivity index is 1.20. The summed E-state index contributed by atoms with van der Waals surface area (Å²) >= 11 is 12.1. The number of halogens is 1. The lowest BCUT2D eigenvalue weighted by Crippen LogP contribution is -2.47. The zero-order valence-corrected chi connectivity index (χ0v) is 25.3. The quantitative estimate of drug-likeness (QED) is 0.312. The van der Waals surface area contributed by atoms with Crippen molar-refractivity contribution in [3.63, 3.8) is 0 Å². The summed E-state index contributed by atoms with van der Waals surface area (Å²) in [5, 5.41) is 3.82. The predicted octanol–water partition coefficient (Wildman–Crippen LogP) is 4.89. The number of piperazine rings is 1. The molecule has 0 aromatic heterocycles. The number of thiocarbonyl (C=S) groups is 1. The van der Waals surface area contributed by atoms with Crippen LogP contribution in [0.25, 0.3) is 0 Å². The molecule has 0 aliphatic carbocycles. The standard InChI is InChI=1S/C32H36ClN5O3S/c1-41-28-13-11-26(12-14-28)34-30(39)22-29-31(40)38(27-10-5-9-25(33)21-27)32(42)37(29)16-6-15-35-17-19-36(20-18-35)23-24-7-3-2-4-8-24/h2-5,7-14,21,29H,6,15-20,22-23H2,1H3,(H,34,39)/t29-/m0/s1. The number of carbonyl (C=O) groups is 2. The summed E-state index contributed by atoms with van der Waals surface area (Å²) in [5.74, 6) is 0.223. The number of amides is 2. The van der Waals surface area contributed by atoms with Crippen LogP contribution in [0.15, 0.2) is 78.9 Å². The van der Waals surface area contributed by atoms with Crippen LogP contribution in [0.5, 0.6) is 5.75 Å². The first-order chi connectivity index (χ1) is 20.4. The first kappa shape index (κ1) is 30.0. The Morgan fingerprint density at radius 1 is 0.952 bits per heavy atom. The molecule has 0 radical (unpaired) electrons. The maximum absolute atomic E-state index is 13.7. The summed E-state index contributed by atoms with van der Waals surface area (Å²) in [4.78, 5) is 35.1. The minimum Gasteiger partial charge on any atom is -0.497 e. The van der Waals surface area contributed by atoms with Crippen LogP contribution < -0.4 is 15.0 Å². The van der Waals surface area contributed by atoms with Gasteiger partial charge in [-0.15, -0.1) is 0 Å². The van der Waals surface area contributed by atoms with Crippen LogP contribution in [0.1, 0.15) is 18.4 Å². The number of ether oxygens (including phenoxy) is 1. The van der Waals surface area contributed by atoms with Crippen molar-refractivity contribution >= 4 is 52.1 Å². The molecule has 0 unspecified atom stereocenters. The normalized spacial score (nSPS) is 18.0. The molecule has 5 rings (SSSR count). The summed E-state index contributed by atoms with van der Waals surface area (Å²) < 4.78 is 5.20. The van der Waals surface area contributed by atoms with E-state index in [2.05, 4.69) is 39.4 Å². The summed E-state index contributed by atoms with van der Waals surface area (Å²) in [7, 11) is 1.59. The molecule has 2 aliphatic heterocycles. The van der Waals surface area contributed by atoms with E-state index in [4.69, 9.17) is 28.6 Å². The Labute approximate surface area is 257 Å². The van der Waals surface area contributed by atoms with Gasteiger partial charge >= 0.3 is 0 Å². The van der Waals surface area contributed by atoms with Crippen LogP contribution in [0.3, 0.4) is 0 Å². The molecular formula is C32H36ClN5O3S. The summed E-state index contributed by atoms with van der Waals surface area (Å²) in [6.07, 6.45) is 0.812. The van der Waals surface area contributed by atoms with Gasteiger partial charge in [-0.05, 0) is 73.2 Å². The van der Waals surface area contributed by atoms with Crippen LogP contribution in [0.4, 0.5) is 11.4 Å². The molecule has 1 N–H and O–H groups in total. The van der Waals surface area contributed by atoms with Crippen LogP contribution in [-0.4, -0.2) is 84.0 Å². The predicted molar refractivity (Wildman–Crippen MR) is 171 cm³/mol. The number of nitrogens with zero attached hydrogens (tertiary/aromatic N) is 4. The highest BCUT2D eigenvalue weighted by Gasteiger charge is 2.44. The van der Waals surface area contributed by atoms with Gasteiger partial charge in [0, 0.05) is 50.0 Å². The number of anilines is 2. The van der Waals surface area contributed by atoms with Crippen LogP contribution in [-0.2, 0) is 16.1 Å². The second-order valence-electron chi connectivity index (χ2n) is 10.6. The Kier molecular flexibility index (Phi) is 10.1. The van der Waals surface area contributed by atoms with E-state index in [0.717, 1.165) is 45.7 Å². The number of hydrogen-bond donors (Lipinski definition) is 1. The van der Waals surface area contributed by atoms with Gasteiger partial charge in [0.1, 0.15) is 11.8 Å². The molecule has 8 nitrogen and oxygen atoms in total. The molecule has 220 valence electrons. The van der Waals surface area contributed by atoms with E-state index in [1.165, 1.54) is 10.5 Å². The van der Waals surface area contributed by atoms with Gasteiger partial charge in [0.05, 0.1) is 19.2 Å². The van der Waals surface area contributed by atoms with Gasteiger partial charge in [-0.3, -0.25) is 19.4 Å². The Morgan fingerprint density at radius 3 is 2.36 bits per heavy atom. The Morgan fingerprint density at radius 2 is 1.67 bits per heavy atom. The largest absolute Gasteiger partial charge is 0.497 e. The maximum Gasteiger partial charge on any atom is 0.256 e. The summed E-state index contributed by atoms with van der Waals surface area (Å²) in [6.45, 7) is 6.48. The SMILES string of the molecule is COc1ccc(NC(=O)C[C@H]2C(=O)N(c3cccc(Cl)c3)C(=S)N2CCCN2CCN(Cc3ccccc3)CC2)cc1. The molecule has 2 fully saturated rings. The van der Waals surface area contributed by atoms with Crippen molar-refractivity contribution in [2.24, 2.45) is 0 Å². The topological polar surface area (TPSA) is 68.4 Å². The molecule has 2 saturated heterocycles. The van der Waals surface area contributed by atoms with E-state index in [1.807, 2.05) is 17.0 Å². The van der Waals surface area contributed by atoms with Crippen molar-refractivity contribution in [1.29, 1.82) is 0 Å². The van der Waals surface area contributed by atoms with Gasteiger partial charge < -0.3 is 19.9 Å². The number of benzene rings is 3. The average molecular weight is 606 g/mol. The Bertz CT molecular complexity index is 1380. The van der Waals surface area contributed by atoms with Crippen molar-refractivity contribution in [3.8, 4) is 5.75 Å². The molecule has 3 aromatic rings. The van der Waals surface area contributed by atoms with Gasteiger partial charge in [0.2, 0.25) is 5.91 Å². The molecule has 2 heterocycles. The first-order valence-corrected chi connectivity index (χ1v) is 15.0. The monoisotopic (exact) mass is 605 g/mol. The van der Waals surface area contributed by atoms with E-state index >= 15 is 0 Å². The molecular weight excluding hydrogens is 570 g/mol. The molecule has 0 bridgehead atoms. The minimum atomic E-state index is -0.697. The van der Waals surface area contributed by atoms with Gasteiger partial charge in [0.25, 0.3) is 5.91 Å². The lowest BCUT2D eigenvalue weighted by atomic mass is 10.1. The third kappa shape index (κ3) is 7.46. The van der Waals surface area contributed by atoms with Crippen molar-refractivity contribution in [2.45, 2.75) is 25.4 Å². The molecule has 10 heteroatoms. The number of hydrogen-bond acceptors (Lipinski definition) is 6. The zero-order valence-electron chi connectivity index (χ0n) is 23.7. The molecule has 1 atom stereocenters. The number of carbonyl (C=O) groups excluding carboxylic acids is 2. The highest BCUT2D eigenvalue weighted by molar-refractivity contribution is 7.80. The van der Waals surface area contributed by atoms with Crippen LogP contribution in [0, 0.1) is 0 Å². The van der Waals surface area contributed by atoms with Gasteiger partial charge in [0.15, 0.2) is 5.11 Å². The van der Waals surface area contributed by atoms with E-state index in [1.54, 1.807) is 49.6 Å². The number of rotatable bonds is 11. The fraction of sp³-hybridized carbons (Fsp3) is 0.344. The molecule has 0 spiro atoms. The Hall–Kier alpha value is -3.50. The van der Waals surface area contributed by atoms with Crippen molar-refractivity contribution in [1.82, 2.24) is 14.7 Å². The number of nitrogens with one attached hydrogen (secondary N) is 1. The lowest BCUT2D eigenvalue weighted by Gasteiger charge is -2.35. The number of methoxy groups -OCH3 is 1. The van der Waals surface area contributed by atoms with E-state index < -0.39 is 6.04 Å². The van der Waals surface area contributed by atoms with Crippen LogP contribution in [0.2, 0.25) is 5.02 Å². The summed E-state index contributed by atoms with van der Waals surface area (Å²) in [5.41, 5.74) is 2.58. The van der Waals surface area contributed by atoms with E-state index in [9.17, 15) is 9.59 Å². The highest BCUT2D eigenvalue weighted by atomic mass is 35.5. The van der Waals surface area contributed by atoms with E-state index in [0.29, 0.717) is 33.8 Å². The second-order valence-corrected chi connectivity index (χ2v) is 11.4. The van der Waals surface area contributed by atoms with Gasteiger partial charge in [-0.2, -0.15) is 0 Å². The summed E-state index contributed by atoms with van der Waals surface area (Å²) in [6, 6.07) is 24.0. The third-order valence-corrected chi connectivity index (χ3v) is 8.38. The fourth-order valence-electron chi connectivity index (χ4n) is 5.48. The minimum absolute atomic E-state index is 0.0137. The average Bonchev–Trinajstić information content (AvgIpc) is 3.22. The molecule has 3 aromatic carbocycles. The van der Waals surface area contributed by atoms with Gasteiger partial charge in [-0.25, -0.2) is 0 Å². The lowest BCUT2D eigenvalue weighted by molar-refractivity contribution is -0.124. The molecule has 0 saturated carbocycles. The van der Waals surface area contributed by atoms with Crippen LogP contribution >= 0.6 is 23.8 Å². The maximum atomic E-state index is 13.7. The highest BCUT2D eigenvalue weighted by Crippen LogP contribution is 2.29.